The predicted octanol–water partition coefficient (Wildman–Crippen LogP) is 2.60. The van der Waals surface area contributed by atoms with E-state index in [-0.39, 0.29) is 0 Å². The fourth-order valence-electron chi connectivity index (χ4n) is 0.739. The minimum atomic E-state index is -4.04. The van der Waals surface area contributed by atoms with Crippen LogP contribution in [0, 0.1) is 0 Å². The third-order valence-electron chi connectivity index (χ3n) is 1.32. The molecule has 0 bridgehead atoms. The molecule has 0 unspecified atom stereocenters. The maximum atomic E-state index is 12.1. The molecule has 1 rings (SSSR count). The summed E-state index contributed by atoms with van der Waals surface area (Å²) in [5.41, 5.74) is -0.598. The van der Waals surface area contributed by atoms with Crippen molar-refractivity contribution in [3.05, 3.63) is 23.0 Å². The van der Waals surface area contributed by atoms with Crippen molar-refractivity contribution in [1.29, 1.82) is 0 Å². The summed E-state index contributed by atoms with van der Waals surface area (Å²) in [6, 6.07) is 1.74. The first-order chi connectivity index (χ1) is 6.32. The standard InChI is InChI=1S/C6H3Cl2F2NO2S/c7-5-4(14(8,12)13)2-1-3(11-5)6(9)10/h1-2,6H. The summed E-state index contributed by atoms with van der Waals surface area (Å²) in [6.45, 7) is 0. The molecule has 0 aliphatic carbocycles. The van der Waals surface area contributed by atoms with Crippen molar-refractivity contribution >= 4 is 31.3 Å². The lowest BCUT2D eigenvalue weighted by atomic mass is 10.4. The predicted molar refractivity (Wildman–Crippen MR) is 47.2 cm³/mol. The minimum Gasteiger partial charge on any atom is -0.234 e. The molecule has 8 heteroatoms. The van der Waals surface area contributed by atoms with E-state index in [1.165, 1.54) is 0 Å². The molecule has 1 aromatic rings. The Balaban J connectivity index is 3.28. The van der Waals surface area contributed by atoms with Crippen LogP contribution in [0.5, 0.6) is 0 Å². The Hall–Kier alpha value is -0.460. The fraction of sp³-hybridized carbons (Fsp3) is 0.167. The van der Waals surface area contributed by atoms with Crippen LogP contribution in [0.25, 0.3) is 0 Å². The Kier molecular flexibility index (Phi) is 3.28. The Morgan fingerprint density at radius 1 is 1.36 bits per heavy atom. The minimum absolute atomic E-state index is 0.481. The molecule has 0 amide bonds. The van der Waals surface area contributed by atoms with Gasteiger partial charge in [-0.3, -0.25) is 0 Å². The van der Waals surface area contributed by atoms with Gasteiger partial charge in [0.1, 0.15) is 15.7 Å². The van der Waals surface area contributed by atoms with E-state index in [4.69, 9.17) is 22.3 Å². The van der Waals surface area contributed by atoms with Gasteiger partial charge in [-0.2, -0.15) is 0 Å². The highest BCUT2D eigenvalue weighted by atomic mass is 35.7. The molecule has 0 fully saturated rings. The van der Waals surface area contributed by atoms with Crippen LogP contribution in [-0.2, 0) is 9.05 Å². The molecule has 78 valence electrons. The highest BCUT2D eigenvalue weighted by Gasteiger charge is 2.18. The van der Waals surface area contributed by atoms with Gasteiger partial charge in [0.2, 0.25) is 0 Å². The monoisotopic (exact) mass is 261 g/mol. The third-order valence-corrected chi connectivity index (χ3v) is 3.08. The number of aromatic nitrogens is 1. The zero-order chi connectivity index (χ0) is 10.9. The lowest BCUT2D eigenvalue weighted by Gasteiger charge is -2.02. The molecule has 0 saturated carbocycles. The fourth-order valence-corrected chi connectivity index (χ4v) is 2.17. The van der Waals surface area contributed by atoms with Gasteiger partial charge in [-0.15, -0.1) is 0 Å². The number of alkyl halides is 2. The first-order valence-electron chi connectivity index (χ1n) is 3.21. The van der Waals surface area contributed by atoms with Crippen molar-refractivity contribution in [1.82, 2.24) is 4.98 Å². The average Bonchev–Trinajstić information content (AvgIpc) is 2.01. The lowest BCUT2D eigenvalue weighted by molar-refractivity contribution is 0.146. The lowest BCUT2D eigenvalue weighted by Crippen LogP contribution is -1.97. The van der Waals surface area contributed by atoms with E-state index in [0.717, 1.165) is 12.1 Å². The molecule has 0 atom stereocenters. The van der Waals surface area contributed by atoms with Crippen LogP contribution in [-0.4, -0.2) is 13.4 Å². The van der Waals surface area contributed by atoms with Gasteiger partial charge in [0.25, 0.3) is 15.5 Å². The van der Waals surface area contributed by atoms with Gasteiger partial charge in [-0.05, 0) is 12.1 Å². The second-order valence-corrected chi connectivity index (χ2v) is 5.16. The molecule has 0 aliphatic rings. The molecule has 0 aliphatic heterocycles. The van der Waals surface area contributed by atoms with Crippen LogP contribution in [0.2, 0.25) is 5.15 Å². The number of hydrogen-bond acceptors (Lipinski definition) is 3. The van der Waals surface area contributed by atoms with Crippen LogP contribution in [0.15, 0.2) is 17.0 Å². The van der Waals surface area contributed by atoms with Crippen LogP contribution in [0.1, 0.15) is 12.1 Å². The van der Waals surface area contributed by atoms with E-state index >= 15 is 0 Å². The van der Waals surface area contributed by atoms with E-state index in [0.29, 0.717) is 0 Å². The van der Waals surface area contributed by atoms with Gasteiger partial charge in [0, 0.05) is 10.7 Å². The van der Waals surface area contributed by atoms with Crippen LogP contribution < -0.4 is 0 Å². The van der Waals surface area contributed by atoms with Crippen molar-refractivity contribution in [2.24, 2.45) is 0 Å². The number of rotatable bonds is 2. The maximum Gasteiger partial charge on any atom is 0.280 e. The van der Waals surface area contributed by atoms with E-state index in [1.54, 1.807) is 0 Å². The van der Waals surface area contributed by atoms with Gasteiger partial charge in [0.05, 0.1) is 0 Å². The first-order valence-corrected chi connectivity index (χ1v) is 5.90. The summed E-state index contributed by atoms with van der Waals surface area (Å²) in [6.07, 6.45) is -2.81. The molecule has 1 aromatic heterocycles. The largest absolute Gasteiger partial charge is 0.280 e. The van der Waals surface area contributed by atoms with E-state index in [9.17, 15) is 17.2 Å². The van der Waals surface area contributed by atoms with Gasteiger partial charge in [-0.1, -0.05) is 11.6 Å². The molecule has 0 radical (unpaired) electrons. The smallest absolute Gasteiger partial charge is 0.234 e. The van der Waals surface area contributed by atoms with Crippen molar-refractivity contribution in [2.45, 2.75) is 11.3 Å². The third kappa shape index (κ3) is 2.52. The molecule has 1 heterocycles. The highest BCUT2D eigenvalue weighted by Crippen LogP contribution is 2.26. The highest BCUT2D eigenvalue weighted by molar-refractivity contribution is 8.13. The topological polar surface area (TPSA) is 47.0 Å². The maximum absolute atomic E-state index is 12.1. The van der Waals surface area contributed by atoms with Crippen molar-refractivity contribution < 1.29 is 17.2 Å². The quantitative estimate of drug-likeness (QED) is 0.608. The second kappa shape index (κ2) is 3.96. The molecule has 0 saturated heterocycles. The average molecular weight is 262 g/mol. The van der Waals surface area contributed by atoms with E-state index in [1.807, 2.05) is 0 Å². The Morgan fingerprint density at radius 2 is 1.93 bits per heavy atom. The summed E-state index contributed by atoms with van der Waals surface area (Å²) in [5, 5.41) is -0.558. The number of pyridine rings is 1. The summed E-state index contributed by atoms with van der Waals surface area (Å²) in [7, 11) is 0.913. The number of halogens is 4. The Labute approximate surface area is 88.1 Å². The molecular formula is C6H3Cl2F2NO2S. The number of nitrogens with zero attached hydrogens (tertiary/aromatic N) is 1. The second-order valence-electron chi connectivity index (χ2n) is 2.26. The van der Waals surface area contributed by atoms with Crippen LogP contribution in [0.4, 0.5) is 8.78 Å². The first kappa shape index (κ1) is 11.6. The normalized spacial score (nSPS) is 12.1. The molecule has 0 aromatic carbocycles. The van der Waals surface area contributed by atoms with Crippen LogP contribution >= 0.6 is 22.3 Å². The zero-order valence-corrected chi connectivity index (χ0v) is 8.74. The van der Waals surface area contributed by atoms with E-state index in [2.05, 4.69) is 4.98 Å². The molecule has 0 spiro atoms. The molecular weight excluding hydrogens is 259 g/mol. The van der Waals surface area contributed by atoms with Crippen molar-refractivity contribution in [3.63, 3.8) is 0 Å². The van der Waals surface area contributed by atoms with Gasteiger partial charge in [-0.25, -0.2) is 22.2 Å². The number of hydrogen-bond donors (Lipinski definition) is 0. The van der Waals surface area contributed by atoms with Crippen molar-refractivity contribution in [2.75, 3.05) is 0 Å². The molecule has 14 heavy (non-hydrogen) atoms. The summed E-state index contributed by atoms with van der Waals surface area (Å²) in [5.74, 6) is 0. The van der Waals surface area contributed by atoms with Gasteiger partial charge in [0.15, 0.2) is 0 Å². The summed E-state index contributed by atoms with van der Waals surface area (Å²) >= 11 is 5.35. The molecule has 0 N–H and O–H groups in total. The Morgan fingerprint density at radius 3 is 2.29 bits per heavy atom. The van der Waals surface area contributed by atoms with Crippen LogP contribution in [0.3, 0.4) is 0 Å². The van der Waals surface area contributed by atoms with Gasteiger partial charge >= 0.3 is 0 Å². The summed E-state index contributed by atoms with van der Waals surface area (Å²) in [4.78, 5) is 2.71. The Bertz CT molecular complexity index is 449. The summed E-state index contributed by atoms with van der Waals surface area (Å²) < 4.78 is 45.7. The van der Waals surface area contributed by atoms with Gasteiger partial charge < -0.3 is 0 Å². The molecule has 3 nitrogen and oxygen atoms in total. The van der Waals surface area contributed by atoms with Crippen molar-refractivity contribution in [3.8, 4) is 0 Å². The zero-order valence-electron chi connectivity index (χ0n) is 6.42. The SMILES string of the molecule is O=S(=O)(Cl)c1ccc(C(F)F)nc1Cl. The van der Waals surface area contributed by atoms with E-state index < -0.39 is 31.2 Å².